The molecule has 0 radical (unpaired) electrons. The molecule has 0 N–H and O–H groups in total. The summed E-state index contributed by atoms with van der Waals surface area (Å²) in [6, 6.07) is 8.88. The van der Waals surface area contributed by atoms with Gasteiger partial charge in [-0.25, -0.2) is 9.78 Å². The van der Waals surface area contributed by atoms with Crippen LogP contribution in [0.25, 0.3) is 0 Å². The fraction of sp³-hybridized carbons (Fsp3) is 0.214. The number of nitrogens with zero attached hydrogens (tertiary/aromatic N) is 3. The molecule has 1 heterocycles. The third kappa shape index (κ3) is 3.42. The van der Waals surface area contributed by atoms with Gasteiger partial charge in [0.25, 0.3) is 0 Å². The minimum atomic E-state index is -0.283. The largest absolute Gasteiger partial charge is 0.492 e. The van der Waals surface area contributed by atoms with Gasteiger partial charge >= 0.3 is 5.69 Å². The molecule has 2 aromatic rings. The smallest absolute Gasteiger partial charge is 0.347 e. The van der Waals surface area contributed by atoms with Crippen molar-refractivity contribution in [3.8, 4) is 11.8 Å². The van der Waals surface area contributed by atoms with E-state index in [4.69, 9.17) is 10.00 Å². The highest BCUT2D eigenvalue weighted by atomic mass is 16.5. The highest BCUT2D eigenvalue weighted by Gasteiger charge is 1.99. The fourth-order valence-electron chi connectivity index (χ4n) is 1.61. The molecule has 96 valence electrons. The van der Waals surface area contributed by atoms with Crippen molar-refractivity contribution >= 4 is 0 Å². The zero-order chi connectivity index (χ0) is 13.7. The van der Waals surface area contributed by atoms with Gasteiger partial charge in [0.2, 0.25) is 0 Å². The molecule has 0 fully saturated rings. The number of nitriles is 1. The molecule has 0 unspecified atom stereocenters. The average molecular weight is 255 g/mol. The minimum Gasteiger partial charge on any atom is -0.492 e. The number of hydrogen-bond donors (Lipinski definition) is 0. The number of benzene rings is 1. The van der Waals surface area contributed by atoms with E-state index in [1.165, 1.54) is 4.57 Å². The van der Waals surface area contributed by atoms with Gasteiger partial charge in [0.15, 0.2) is 0 Å². The Morgan fingerprint density at radius 3 is 2.79 bits per heavy atom. The summed E-state index contributed by atoms with van der Waals surface area (Å²) in [5, 5.41) is 8.67. The second-order valence-electron chi connectivity index (χ2n) is 4.09. The highest BCUT2D eigenvalue weighted by molar-refractivity contribution is 5.34. The molecule has 0 saturated carbocycles. The number of aryl methyl sites for hydroxylation is 1. The Kier molecular flexibility index (Phi) is 3.94. The summed E-state index contributed by atoms with van der Waals surface area (Å²) in [6.07, 6.45) is 3.29. The van der Waals surface area contributed by atoms with Crippen molar-refractivity contribution in [2.24, 2.45) is 0 Å². The van der Waals surface area contributed by atoms with E-state index in [1.807, 2.05) is 13.0 Å². The Morgan fingerprint density at radius 2 is 2.11 bits per heavy atom. The first kappa shape index (κ1) is 12.8. The molecule has 0 atom stereocenters. The quantitative estimate of drug-likeness (QED) is 0.830. The molecular formula is C14H13N3O2. The Labute approximate surface area is 110 Å². The lowest BCUT2D eigenvalue weighted by atomic mass is 10.2. The molecule has 0 aliphatic carbocycles. The summed E-state index contributed by atoms with van der Waals surface area (Å²) in [4.78, 5) is 15.2. The van der Waals surface area contributed by atoms with Crippen molar-refractivity contribution in [2.75, 3.05) is 6.61 Å². The molecule has 1 aromatic heterocycles. The van der Waals surface area contributed by atoms with Gasteiger partial charge < -0.3 is 4.74 Å². The molecule has 5 nitrogen and oxygen atoms in total. The van der Waals surface area contributed by atoms with Gasteiger partial charge in [-0.2, -0.15) is 5.26 Å². The van der Waals surface area contributed by atoms with Gasteiger partial charge in [0, 0.05) is 12.4 Å². The van der Waals surface area contributed by atoms with Crippen LogP contribution in [0.1, 0.15) is 11.1 Å². The number of aromatic nitrogens is 2. The highest BCUT2D eigenvalue weighted by Crippen LogP contribution is 2.11. The van der Waals surface area contributed by atoms with Crippen LogP contribution in [-0.4, -0.2) is 16.2 Å². The van der Waals surface area contributed by atoms with Crippen molar-refractivity contribution in [3.63, 3.8) is 0 Å². The zero-order valence-electron chi connectivity index (χ0n) is 10.5. The lowest BCUT2D eigenvalue weighted by Gasteiger charge is -2.08. The average Bonchev–Trinajstić information content (AvgIpc) is 2.43. The summed E-state index contributed by atoms with van der Waals surface area (Å²) in [7, 11) is 0. The van der Waals surface area contributed by atoms with Crippen molar-refractivity contribution in [1.29, 1.82) is 5.26 Å². The molecular weight excluding hydrogens is 242 g/mol. The van der Waals surface area contributed by atoms with Crippen LogP contribution >= 0.6 is 0 Å². The van der Waals surface area contributed by atoms with Crippen molar-refractivity contribution in [2.45, 2.75) is 13.5 Å². The SMILES string of the molecule is Cc1cnc(=O)n(CCOc2ccc(C#N)cc2)c1. The van der Waals surface area contributed by atoms with E-state index in [2.05, 4.69) is 4.98 Å². The van der Waals surface area contributed by atoms with Crippen LogP contribution in [0.4, 0.5) is 0 Å². The number of hydrogen-bond acceptors (Lipinski definition) is 4. The maximum Gasteiger partial charge on any atom is 0.347 e. The lowest BCUT2D eigenvalue weighted by molar-refractivity contribution is 0.295. The Morgan fingerprint density at radius 1 is 1.37 bits per heavy atom. The maximum absolute atomic E-state index is 11.5. The van der Waals surface area contributed by atoms with Gasteiger partial charge in [0.1, 0.15) is 12.4 Å². The number of rotatable bonds is 4. The van der Waals surface area contributed by atoms with E-state index < -0.39 is 0 Å². The monoisotopic (exact) mass is 255 g/mol. The van der Waals surface area contributed by atoms with Gasteiger partial charge in [-0.1, -0.05) is 0 Å². The van der Waals surface area contributed by atoms with Gasteiger partial charge in [-0.05, 0) is 36.8 Å². The summed E-state index contributed by atoms with van der Waals surface area (Å²) in [6.45, 7) is 2.69. The molecule has 0 aliphatic heterocycles. The summed E-state index contributed by atoms with van der Waals surface area (Å²) >= 11 is 0. The zero-order valence-corrected chi connectivity index (χ0v) is 10.5. The van der Waals surface area contributed by atoms with Crippen LogP contribution in [0.3, 0.4) is 0 Å². The van der Waals surface area contributed by atoms with E-state index in [9.17, 15) is 4.79 Å². The first-order chi connectivity index (χ1) is 9.19. The second-order valence-corrected chi connectivity index (χ2v) is 4.09. The minimum absolute atomic E-state index is 0.283. The molecule has 0 amide bonds. The van der Waals surface area contributed by atoms with Crippen LogP contribution in [-0.2, 0) is 6.54 Å². The van der Waals surface area contributed by atoms with Gasteiger partial charge in [-0.15, -0.1) is 0 Å². The molecule has 0 saturated heterocycles. The van der Waals surface area contributed by atoms with Crippen molar-refractivity contribution < 1.29 is 4.74 Å². The number of ether oxygens (including phenoxy) is 1. The van der Waals surface area contributed by atoms with Crippen molar-refractivity contribution in [3.05, 3.63) is 58.3 Å². The standard InChI is InChI=1S/C14H13N3O2/c1-11-9-16-14(18)17(10-11)6-7-19-13-4-2-12(8-15)3-5-13/h2-5,9-10H,6-7H2,1H3. The third-order valence-electron chi connectivity index (χ3n) is 2.57. The summed E-state index contributed by atoms with van der Waals surface area (Å²) in [5.41, 5.74) is 1.23. The molecule has 0 aliphatic rings. The second kappa shape index (κ2) is 5.83. The third-order valence-corrected chi connectivity index (χ3v) is 2.57. The van der Waals surface area contributed by atoms with Crippen LogP contribution < -0.4 is 10.4 Å². The van der Waals surface area contributed by atoms with Crippen LogP contribution in [0.15, 0.2) is 41.5 Å². The van der Waals surface area contributed by atoms with Crippen LogP contribution in [0.2, 0.25) is 0 Å². The van der Waals surface area contributed by atoms with E-state index in [0.717, 1.165) is 5.56 Å². The van der Waals surface area contributed by atoms with E-state index in [0.29, 0.717) is 24.5 Å². The summed E-state index contributed by atoms with van der Waals surface area (Å²) in [5.74, 6) is 0.674. The van der Waals surface area contributed by atoms with E-state index in [-0.39, 0.29) is 5.69 Å². The molecule has 1 aromatic carbocycles. The maximum atomic E-state index is 11.5. The Bertz CT molecular complexity index is 654. The van der Waals surface area contributed by atoms with Crippen LogP contribution in [0, 0.1) is 18.3 Å². The molecule has 0 bridgehead atoms. The van der Waals surface area contributed by atoms with Crippen molar-refractivity contribution in [1.82, 2.24) is 9.55 Å². The topological polar surface area (TPSA) is 67.9 Å². The first-order valence-electron chi connectivity index (χ1n) is 5.85. The fourth-order valence-corrected chi connectivity index (χ4v) is 1.61. The van der Waals surface area contributed by atoms with Gasteiger partial charge in [-0.3, -0.25) is 4.57 Å². The van der Waals surface area contributed by atoms with E-state index >= 15 is 0 Å². The predicted molar refractivity (Wildman–Crippen MR) is 69.9 cm³/mol. The Hall–Kier alpha value is -2.61. The summed E-state index contributed by atoms with van der Waals surface area (Å²) < 4.78 is 7.02. The molecule has 2 rings (SSSR count). The lowest BCUT2D eigenvalue weighted by Crippen LogP contribution is -2.25. The molecule has 0 spiro atoms. The first-order valence-corrected chi connectivity index (χ1v) is 5.85. The Balaban J connectivity index is 1.94. The molecule has 5 heteroatoms. The van der Waals surface area contributed by atoms with E-state index in [1.54, 1.807) is 36.7 Å². The van der Waals surface area contributed by atoms with Crippen LogP contribution in [0.5, 0.6) is 5.75 Å². The molecule has 19 heavy (non-hydrogen) atoms. The van der Waals surface area contributed by atoms with Gasteiger partial charge in [0.05, 0.1) is 18.2 Å². The normalized spacial score (nSPS) is 9.89. The predicted octanol–water partition coefficient (Wildman–Crippen LogP) is 1.50.